The molecule has 0 fully saturated rings. The molecule has 138 valence electrons. The van der Waals surface area contributed by atoms with Gasteiger partial charge in [-0.05, 0) is 25.8 Å². The molecule has 0 radical (unpaired) electrons. The van der Waals surface area contributed by atoms with Crippen LogP contribution < -0.4 is 16.2 Å². The van der Waals surface area contributed by atoms with Crippen molar-refractivity contribution >= 4 is 39.5 Å². The van der Waals surface area contributed by atoms with Crippen molar-refractivity contribution in [2.24, 2.45) is 0 Å². The summed E-state index contributed by atoms with van der Waals surface area (Å²) in [5.74, 6) is -0.745. The zero-order valence-corrected chi connectivity index (χ0v) is 15.4. The third-order valence-electron chi connectivity index (χ3n) is 4.21. The number of carbonyl (C=O) groups is 3. The van der Waals surface area contributed by atoms with Crippen molar-refractivity contribution in [2.45, 2.75) is 39.3 Å². The van der Waals surface area contributed by atoms with Crippen LogP contribution in [0.15, 0.2) is 4.79 Å². The Bertz CT molecular complexity index is 977. The average Bonchev–Trinajstić information content (AvgIpc) is 3.19. The highest BCUT2D eigenvalue weighted by Gasteiger charge is 2.26. The summed E-state index contributed by atoms with van der Waals surface area (Å²) < 4.78 is 6.77. The molecule has 1 unspecified atom stereocenters. The van der Waals surface area contributed by atoms with E-state index in [0.717, 1.165) is 30.0 Å². The highest BCUT2D eigenvalue weighted by atomic mass is 32.1. The fraction of sp³-hybridized carbons (Fsp3) is 0.438. The van der Waals surface area contributed by atoms with E-state index >= 15 is 0 Å². The Morgan fingerprint density at radius 2 is 2.08 bits per heavy atom. The van der Waals surface area contributed by atoms with Gasteiger partial charge >= 0.3 is 12.0 Å². The molecule has 0 aliphatic carbocycles. The van der Waals surface area contributed by atoms with E-state index in [9.17, 15) is 19.2 Å². The Morgan fingerprint density at radius 3 is 2.77 bits per heavy atom. The van der Waals surface area contributed by atoms with Gasteiger partial charge in [-0.1, -0.05) is 0 Å². The summed E-state index contributed by atoms with van der Waals surface area (Å²) in [7, 11) is 1.36. The van der Waals surface area contributed by atoms with Gasteiger partial charge in [0.25, 0.3) is 11.5 Å². The van der Waals surface area contributed by atoms with Crippen LogP contribution in [0.4, 0.5) is 4.79 Å². The molecule has 0 aromatic carbocycles. The summed E-state index contributed by atoms with van der Waals surface area (Å²) in [6.07, 6.45) is 0.452. The first kappa shape index (κ1) is 18.1. The van der Waals surface area contributed by atoms with Crippen LogP contribution in [0.5, 0.6) is 0 Å². The van der Waals surface area contributed by atoms with Gasteiger partial charge < -0.3 is 10.1 Å². The van der Waals surface area contributed by atoms with Gasteiger partial charge in [0.2, 0.25) is 0 Å². The fourth-order valence-corrected chi connectivity index (χ4v) is 3.89. The maximum absolute atomic E-state index is 12.6. The highest BCUT2D eigenvalue weighted by molar-refractivity contribution is 7.20. The minimum absolute atomic E-state index is 0.152. The number of carbonyl (C=O) groups excluding carboxylic acids is 3. The van der Waals surface area contributed by atoms with Crippen molar-refractivity contribution in [1.82, 2.24) is 20.2 Å². The van der Waals surface area contributed by atoms with E-state index in [-0.39, 0.29) is 10.4 Å². The number of urea groups is 1. The lowest BCUT2D eigenvalue weighted by Crippen LogP contribution is -2.43. The Hall–Kier alpha value is -2.75. The Kier molecular flexibility index (Phi) is 4.77. The average molecular weight is 378 g/mol. The van der Waals surface area contributed by atoms with Crippen molar-refractivity contribution in [1.29, 1.82) is 0 Å². The highest BCUT2D eigenvalue weighted by Crippen LogP contribution is 2.29. The van der Waals surface area contributed by atoms with E-state index in [4.69, 9.17) is 4.74 Å². The van der Waals surface area contributed by atoms with Crippen molar-refractivity contribution < 1.29 is 19.1 Å². The summed E-state index contributed by atoms with van der Waals surface area (Å²) in [4.78, 5) is 53.3. The van der Waals surface area contributed by atoms with Crippen LogP contribution in [0, 0.1) is 6.92 Å². The Balaban J connectivity index is 1.86. The zero-order valence-electron chi connectivity index (χ0n) is 14.5. The molecule has 0 saturated heterocycles. The number of ether oxygens (including phenoxy) is 1. The molecule has 0 spiro atoms. The van der Waals surface area contributed by atoms with Gasteiger partial charge in [-0.15, -0.1) is 11.3 Å². The number of aromatic nitrogens is 2. The number of nitrogens with zero attached hydrogens (tertiary/aromatic N) is 2. The number of hydrogen-bond acceptors (Lipinski definition) is 7. The Morgan fingerprint density at radius 1 is 1.35 bits per heavy atom. The quantitative estimate of drug-likeness (QED) is 0.760. The van der Waals surface area contributed by atoms with Crippen LogP contribution in [0.25, 0.3) is 10.2 Å². The molecule has 1 aliphatic rings. The first-order valence-corrected chi connectivity index (χ1v) is 8.91. The number of aryl methyl sites for hydroxylation is 2. The normalized spacial score (nSPS) is 14.0. The number of amides is 3. The maximum Gasteiger partial charge on any atom is 0.349 e. The molecule has 26 heavy (non-hydrogen) atoms. The van der Waals surface area contributed by atoms with Gasteiger partial charge in [-0.25, -0.2) is 14.6 Å². The topological polar surface area (TPSA) is 119 Å². The summed E-state index contributed by atoms with van der Waals surface area (Å²) in [5, 5.41) is 4.69. The number of nitrogens with one attached hydrogen (secondary N) is 2. The lowest BCUT2D eigenvalue weighted by Gasteiger charge is -2.12. The molecule has 9 nitrogen and oxygen atoms in total. The minimum atomic E-state index is -1.16. The van der Waals surface area contributed by atoms with Crippen LogP contribution in [0.2, 0.25) is 0 Å². The van der Waals surface area contributed by atoms with Crippen molar-refractivity contribution in [2.75, 3.05) is 7.05 Å². The molecule has 0 saturated carbocycles. The van der Waals surface area contributed by atoms with E-state index in [1.807, 2.05) is 5.32 Å². The maximum atomic E-state index is 12.6. The molecule has 2 aromatic rings. The lowest BCUT2D eigenvalue weighted by atomic mass is 10.2. The van der Waals surface area contributed by atoms with Gasteiger partial charge in [0.05, 0.1) is 5.39 Å². The first-order chi connectivity index (χ1) is 12.3. The lowest BCUT2D eigenvalue weighted by molar-refractivity contribution is -0.127. The van der Waals surface area contributed by atoms with Gasteiger partial charge in [0.1, 0.15) is 15.5 Å². The number of thiophene rings is 1. The van der Waals surface area contributed by atoms with E-state index in [1.54, 1.807) is 11.5 Å². The van der Waals surface area contributed by atoms with Crippen LogP contribution in [0.1, 0.15) is 34.4 Å². The van der Waals surface area contributed by atoms with Crippen molar-refractivity contribution in [3.8, 4) is 0 Å². The number of rotatable bonds is 3. The summed E-state index contributed by atoms with van der Waals surface area (Å²) in [5.41, 5.74) is 0.342. The molecular weight excluding hydrogens is 360 g/mol. The van der Waals surface area contributed by atoms with Gasteiger partial charge in [-0.2, -0.15) is 0 Å². The van der Waals surface area contributed by atoms with Crippen molar-refractivity contribution in [3.05, 3.63) is 26.6 Å². The van der Waals surface area contributed by atoms with E-state index < -0.39 is 24.0 Å². The monoisotopic (exact) mass is 378 g/mol. The second kappa shape index (κ2) is 6.87. The first-order valence-electron chi connectivity index (χ1n) is 8.09. The molecule has 3 amide bonds. The van der Waals surface area contributed by atoms with Gasteiger partial charge in [0, 0.05) is 20.0 Å². The molecule has 1 aliphatic heterocycles. The molecule has 2 N–H and O–H groups in total. The second-order valence-electron chi connectivity index (χ2n) is 5.94. The summed E-state index contributed by atoms with van der Waals surface area (Å²) >= 11 is 1.07. The molecule has 2 aromatic heterocycles. The van der Waals surface area contributed by atoms with Crippen molar-refractivity contribution in [3.63, 3.8) is 0 Å². The fourth-order valence-electron chi connectivity index (χ4n) is 2.81. The van der Waals surface area contributed by atoms with Crippen LogP contribution in [0.3, 0.4) is 0 Å². The summed E-state index contributed by atoms with van der Waals surface area (Å²) in [6.45, 7) is 3.65. The molecule has 10 heteroatoms. The predicted molar refractivity (Wildman–Crippen MR) is 94.4 cm³/mol. The van der Waals surface area contributed by atoms with E-state index in [1.165, 1.54) is 14.0 Å². The largest absolute Gasteiger partial charge is 0.448 e. The second-order valence-corrected chi connectivity index (χ2v) is 6.94. The van der Waals surface area contributed by atoms with E-state index in [2.05, 4.69) is 10.3 Å². The Labute approximate surface area is 152 Å². The summed E-state index contributed by atoms with van der Waals surface area (Å²) in [6, 6.07) is -0.692. The third kappa shape index (κ3) is 3.07. The smallest absolute Gasteiger partial charge is 0.349 e. The third-order valence-corrected chi connectivity index (χ3v) is 5.38. The standard InChI is InChI=1S/C16H18N4O5S/c1-7-10-13(18-9-5-4-6-20(9)14(10)22)26-11(7)15(23)25-8(2)12(21)19-16(24)17-3/h8H,4-6H2,1-3H3,(H2,17,19,21,24). The molecular formula is C16H18N4O5S. The zero-order chi connectivity index (χ0) is 19.0. The number of esters is 1. The molecule has 3 rings (SSSR count). The van der Waals surface area contributed by atoms with Crippen LogP contribution >= 0.6 is 11.3 Å². The number of fused-ring (bicyclic) bond motifs is 2. The van der Waals surface area contributed by atoms with E-state index in [0.29, 0.717) is 22.3 Å². The van der Waals surface area contributed by atoms with Crippen LogP contribution in [-0.2, 0) is 22.5 Å². The van der Waals surface area contributed by atoms with Gasteiger partial charge in [0.15, 0.2) is 6.10 Å². The number of hydrogen-bond donors (Lipinski definition) is 2. The molecule has 0 bridgehead atoms. The molecule has 1 atom stereocenters. The predicted octanol–water partition coefficient (Wildman–Crippen LogP) is 0.714. The minimum Gasteiger partial charge on any atom is -0.448 e. The SMILES string of the molecule is CNC(=O)NC(=O)C(C)OC(=O)c1sc2nc3n(c(=O)c2c1C)CCC3. The molecule has 3 heterocycles. The van der Waals surface area contributed by atoms with Crippen LogP contribution in [-0.4, -0.2) is 40.6 Å². The number of imide groups is 1. The van der Waals surface area contributed by atoms with Gasteiger partial charge in [-0.3, -0.25) is 19.5 Å².